The topological polar surface area (TPSA) is 83.1 Å². The zero-order chi connectivity index (χ0) is 27.6. The number of hydrogen-bond acceptors (Lipinski definition) is 6. The quantitative estimate of drug-likeness (QED) is 0.299. The van der Waals surface area contributed by atoms with Gasteiger partial charge in [-0.15, -0.1) is 0 Å². The lowest BCUT2D eigenvalue weighted by Crippen LogP contribution is -2.53. The first-order valence-electron chi connectivity index (χ1n) is 12.7. The van der Waals surface area contributed by atoms with Crippen LogP contribution in [0.25, 0.3) is 0 Å². The molecule has 3 atom stereocenters. The van der Waals surface area contributed by atoms with Crippen LogP contribution in [-0.4, -0.2) is 51.2 Å². The third kappa shape index (κ3) is 7.18. The van der Waals surface area contributed by atoms with E-state index >= 15 is 0 Å². The SMILES string of the molecule is CCOC(=O)NCCOc1ccc(C[C@H]2CCCC[C@H]2OC(=O)[C@](OC)(c2ccccc2)C(F)(F)F)cc1. The highest BCUT2D eigenvalue weighted by Gasteiger charge is 2.64. The van der Waals surface area contributed by atoms with E-state index in [2.05, 4.69) is 5.32 Å². The largest absolute Gasteiger partial charge is 0.492 e. The van der Waals surface area contributed by atoms with E-state index in [0.29, 0.717) is 25.1 Å². The maximum absolute atomic E-state index is 14.3. The minimum atomic E-state index is -5.01. The van der Waals surface area contributed by atoms with Gasteiger partial charge in [0.05, 0.1) is 13.2 Å². The summed E-state index contributed by atoms with van der Waals surface area (Å²) in [4.78, 5) is 24.4. The predicted octanol–water partition coefficient (Wildman–Crippen LogP) is 5.56. The number of alkyl carbamates (subject to hydrolysis) is 1. The third-order valence-electron chi connectivity index (χ3n) is 6.61. The molecule has 1 saturated carbocycles. The Labute approximate surface area is 220 Å². The molecule has 2 aromatic carbocycles. The molecule has 1 fully saturated rings. The molecular formula is C28H34F3NO6. The Bertz CT molecular complexity index is 1030. The fourth-order valence-corrected chi connectivity index (χ4v) is 4.70. The van der Waals surface area contributed by atoms with Crippen LogP contribution in [0, 0.1) is 5.92 Å². The maximum Gasteiger partial charge on any atom is 0.432 e. The number of benzene rings is 2. The summed E-state index contributed by atoms with van der Waals surface area (Å²) in [7, 11) is 0.872. The molecular weight excluding hydrogens is 503 g/mol. The minimum Gasteiger partial charge on any atom is -0.492 e. The van der Waals surface area contributed by atoms with Crippen LogP contribution in [0.4, 0.5) is 18.0 Å². The predicted molar refractivity (Wildman–Crippen MR) is 134 cm³/mol. The van der Waals surface area contributed by atoms with Crippen LogP contribution >= 0.6 is 0 Å². The summed E-state index contributed by atoms with van der Waals surface area (Å²) >= 11 is 0. The van der Waals surface area contributed by atoms with Gasteiger partial charge in [-0.3, -0.25) is 0 Å². The molecule has 1 N–H and O–H groups in total. The molecule has 208 valence electrons. The number of alkyl halides is 3. The molecule has 7 nitrogen and oxygen atoms in total. The van der Waals surface area contributed by atoms with Crippen molar-refractivity contribution in [1.29, 1.82) is 0 Å². The second kappa shape index (κ2) is 13.5. The molecule has 3 rings (SSSR count). The van der Waals surface area contributed by atoms with Gasteiger partial charge >= 0.3 is 18.2 Å². The average molecular weight is 538 g/mol. The molecule has 0 aliphatic heterocycles. The summed E-state index contributed by atoms with van der Waals surface area (Å²) in [6.07, 6.45) is -2.76. The van der Waals surface area contributed by atoms with Gasteiger partial charge in [-0.05, 0) is 56.2 Å². The lowest BCUT2D eigenvalue weighted by atomic mass is 9.82. The van der Waals surface area contributed by atoms with Crippen LogP contribution in [0.5, 0.6) is 5.75 Å². The van der Waals surface area contributed by atoms with Crippen molar-refractivity contribution >= 4 is 12.1 Å². The van der Waals surface area contributed by atoms with E-state index < -0.39 is 29.9 Å². The Morgan fingerprint density at radius 3 is 2.32 bits per heavy atom. The fraction of sp³-hybridized carbons (Fsp3) is 0.500. The smallest absolute Gasteiger partial charge is 0.432 e. The maximum atomic E-state index is 14.3. The van der Waals surface area contributed by atoms with Crippen molar-refractivity contribution in [2.75, 3.05) is 26.9 Å². The summed E-state index contributed by atoms with van der Waals surface area (Å²) in [5.74, 6) is -0.966. The summed E-state index contributed by atoms with van der Waals surface area (Å²) in [6.45, 7) is 2.56. The van der Waals surface area contributed by atoms with Crippen LogP contribution in [0.15, 0.2) is 54.6 Å². The molecule has 0 spiro atoms. The van der Waals surface area contributed by atoms with Gasteiger partial charge in [-0.1, -0.05) is 48.9 Å². The Morgan fingerprint density at radius 1 is 1.00 bits per heavy atom. The van der Waals surface area contributed by atoms with Gasteiger partial charge < -0.3 is 24.3 Å². The minimum absolute atomic E-state index is 0.133. The van der Waals surface area contributed by atoms with Gasteiger partial charge in [0.1, 0.15) is 18.5 Å². The number of nitrogens with one attached hydrogen (secondary N) is 1. The molecule has 1 aliphatic carbocycles. The van der Waals surface area contributed by atoms with E-state index in [-0.39, 0.29) is 24.7 Å². The molecule has 2 aromatic rings. The highest BCUT2D eigenvalue weighted by atomic mass is 19.4. The van der Waals surface area contributed by atoms with E-state index in [4.69, 9.17) is 18.9 Å². The normalized spacial score (nSPS) is 19.2. The van der Waals surface area contributed by atoms with Crippen LogP contribution < -0.4 is 10.1 Å². The first-order valence-corrected chi connectivity index (χ1v) is 12.7. The number of methoxy groups -OCH3 is 1. The summed E-state index contributed by atoms with van der Waals surface area (Å²) in [5, 5.41) is 2.57. The monoisotopic (exact) mass is 537 g/mol. The Balaban J connectivity index is 1.64. The van der Waals surface area contributed by atoms with Gasteiger partial charge in [0.25, 0.3) is 5.60 Å². The third-order valence-corrected chi connectivity index (χ3v) is 6.61. The van der Waals surface area contributed by atoms with E-state index in [9.17, 15) is 22.8 Å². The second-order valence-electron chi connectivity index (χ2n) is 9.08. The lowest BCUT2D eigenvalue weighted by molar-refractivity contribution is -0.279. The zero-order valence-electron chi connectivity index (χ0n) is 21.6. The van der Waals surface area contributed by atoms with Crippen molar-refractivity contribution in [3.05, 3.63) is 65.7 Å². The summed E-state index contributed by atoms with van der Waals surface area (Å²) in [5.41, 5.74) is -2.57. The van der Waals surface area contributed by atoms with Gasteiger partial charge in [0.15, 0.2) is 0 Å². The number of amides is 1. The summed E-state index contributed by atoms with van der Waals surface area (Å²) in [6, 6.07) is 14.2. The summed E-state index contributed by atoms with van der Waals surface area (Å²) < 4.78 is 63.7. The standard InChI is InChI=1S/C28H34F3NO6/c1-3-36-26(34)32-17-18-37-23-15-13-20(14-16-23)19-21-9-7-8-12-24(21)38-25(33)27(35-2,28(29,30)31)22-10-5-4-6-11-22/h4-6,10-11,13-16,21,24H,3,7-9,12,17-19H2,1-2H3,(H,32,34)/t21-,24-,27-/m1/s1. The molecule has 0 unspecified atom stereocenters. The molecule has 0 saturated heterocycles. The molecule has 0 bridgehead atoms. The highest BCUT2D eigenvalue weighted by molar-refractivity contribution is 5.83. The number of halogens is 3. The van der Waals surface area contributed by atoms with Crippen molar-refractivity contribution in [1.82, 2.24) is 5.32 Å². The van der Waals surface area contributed by atoms with Crippen molar-refractivity contribution in [2.24, 2.45) is 5.92 Å². The van der Waals surface area contributed by atoms with Crippen molar-refractivity contribution in [2.45, 2.75) is 56.9 Å². The molecule has 1 aliphatic rings. The Kier molecular flexibility index (Phi) is 10.4. The van der Waals surface area contributed by atoms with E-state index in [1.54, 1.807) is 25.1 Å². The van der Waals surface area contributed by atoms with Gasteiger partial charge in [0.2, 0.25) is 0 Å². The molecule has 1 amide bonds. The van der Waals surface area contributed by atoms with Crippen LogP contribution in [0.3, 0.4) is 0 Å². The number of carbonyl (C=O) groups is 2. The number of hydrogen-bond donors (Lipinski definition) is 1. The fourth-order valence-electron chi connectivity index (χ4n) is 4.70. The van der Waals surface area contributed by atoms with Crippen molar-refractivity contribution in [3.63, 3.8) is 0 Å². The average Bonchev–Trinajstić information content (AvgIpc) is 2.89. The van der Waals surface area contributed by atoms with Crippen LogP contribution in [0.1, 0.15) is 43.7 Å². The number of esters is 1. The Hall–Kier alpha value is -3.27. The number of carbonyl (C=O) groups excluding carboxylic acids is 2. The van der Waals surface area contributed by atoms with Crippen molar-refractivity contribution < 1.29 is 41.7 Å². The Morgan fingerprint density at radius 2 is 1.68 bits per heavy atom. The van der Waals surface area contributed by atoms with Gasteiger partial charge in [-0.25, -0.2) is 9.59 Å². The van der Waals surface area contributed by atoms with E-state index in [1.165, 1.54) is 24.3 Å². The molecule has 0 radical (unpaired) electrons. The zero-order valence-corrected chi connectivity index (χ0v) is 21.6. The highest BCUT2D eigenvalue weighted by Crippen LogP contribution is 2.44. The number of ether oxygens (including phenoxy) is 4. The molecule has 0 heterocycles. The van der Waals surface area contributed by atoms with E-state index in [0.717, 1.165) is 31.9 Å². The molecule has 38 heavy (non-hydrogen) atoms. The van der Waals surface area contributed by atoms with Crippen LogP contribution in [0.2, 0.25) is 0 Å². The van der Waals surface area contributed by atoms with Gasteiger partial charge in [0, 0.05) is 12.7 Å². The molecule has 10 heteroatoms. The first-order chi connectivity index (χ1) is 18.2. The van der Waals surface area contributed by atoms with E-state index in [1.807, 2.05) is 12.1 Å². The van der Waals surface area contributed by atoms with Crippen molar-refractivity contribution in [3.8, 4) is 5.75 Å². The lowest BCUT2D eigenvalue weighted by Gasteiger charge is -2.37. The first kappa shape index (κ1) is 29.3. The van der Waals surface area contributed by atoms with Crippen LogP contribution in [-0.2, 0) is 31.0 Å². The second-order valence-corrected chi connectivity index (χ2v) is 9.08. The molecule has 0 aromatic heterocycles. The number of rotatable bonds is 11. The van der Waals surface area contributed by atoms with Gasteiger partial charge in [-0.2, -0.15) is 13.2 Å².